The number of halogens is 1. The Labute approximate surface area is 195 Å². The molecule has 7 nitrogen and oxygen atoms in total. The number of hydrogen-bond acceptors (Lipinski definition) is 6. The fourth-order valence-corrected chi connectivity index (χ4v) is 4.69. The zero-order valence-corrected chi connectivity index (χ0v) is 19.2. The smallest absolute Gasteiger partial charge is 0.343 e. The van der Waals surface area contributed by atoms with Gasteiger partial charge in [0.1, 0.15) is 12.4 Å². The minimum Gasteiger partial charge on any atom is -0.458 e. The third-order valence-electron chi connectivity index (χ3n) is 6.68. The van der Waals surface area contributed by atoms with Crippen LogP contribution in [0, 0.1) is 24.6 Å². The van der Waals surface area contributed by atoms with Crippen molar-refractivity contribution in [3.63, 3.8) is 0 Å². The van der Waals surface area contributed by atoms with Crippen LogP contribution in [0.3, 0.4) is 0 Å². The molecule has 2 N–H and O–H groups in total. The first-order valence-electron chi connectivity index (χ1n) is 11.2. The van der Waals surface area contributed by atoms with Crippen LogP contribution in [0.5, 0.6) is 0 Å². The van der Waals surface area contributed by atoms with Gasteiger partial charge in [-0.05, 0) is 38.1 Å². The monoisotopic (exact) mass is 461 g/mol. The normalized spacial score (nSPS) is 18.1. The lowest BCUT2D eigenvalue weighted by Gasteiger charge is -2.31. The number of carbonyl (C=O) groups excluding carboxylic acids is 1. The van der Waals surface area contributed by atoms with E-state index in [1.54, 1.807) is 30.5 Å². The molecule has 0 bridgehead atoms. The lowest BCUT2D eigenvalue weighted by molar-refractivity contribution is -0.172. The standard InChI is InChI=1S/C26H24FN3O4/c1-4-26(33)19-10-22-23-17(12-30(22)24(31)18(19)13-34-25(26)32)15(7-5-6-8-28-3)16-9-14(2)20(27)11-21(16)29-23/h9-11,28,33H,4,6,8,12-13H2,1-3H3/t26-/m0/s1. The number of benzene rings is 1. The Morgan fingerprint density at radius 3 is 2.82 bits per heavy atom. The largest absolute Gasteiger partial charge is 0.458 e. The highest BCUT2D eigenvalue weighted by molar-refractivity contribution is 5.92. The number of nitrogens with zero attached hydrogens (tertiary/aromatic N) is 2. The second-order valence-electron chi connectivity index (χ2n) is 8.69. The van der Waals surface area contributed by atoms with E-state index in [-0.39, 0.29) is 42.1 Å². The number of nitrogens with one attached hydrogen (secondary N) is 1. The minimum atomic E-state index is -1.90. The summed E-state index contributed by atoms with van der Waals surface area (Å²) < 4.78 is 21.1. The van der Waals surface area contributed by atoms with Gasteiger partial charge in [-0.1, -0.05) is 18.8 Å². The number of pyridine rings is 2. The molecule has 174 valence electrons. The van der Waals surface area contributed by atoms with E-state index >= 15 is 0 Å². The van der Waals surface area contributed by atoms with E-state index in [2.05, 4.69) is 17.2 Å². The SMILES string of the molecule is CC[C@@]1(O)C(=O)OCc2c1cc1n(c2=O)Cc2c-1nc1cc(F)c(C)cc1c2C#CCCNC. The molecule has 1 aromatic carbocycles. The second kappa shape index (κ2) is 8.05. The lowest BCUT2D eigenvalue weighted by Crippen LogP contribution is -2.44. The maximum absolute atomic E-state index is 14.4. The van der Waals surface area contributed by atoms with E-state index < -0.39 is 11.6 Å². The number of esters is 1. The fourth-order valence-electron chi connectivity index (χ4n) is 4.69. The Balaban J connectivity index is 1.80. The first-order chi connectivity index (χ1) is 16.3. The predicted molar refractivity (Wildman–Crippen MR) is 125 cm³/mol. The third-order valence-corrected chi connectivity index (χ3v) is 6.68. The van der Waals surface area contributed by atoms with Gasteiger partial charge in [0, 0.05) is 41.1 Å². The Kier molecular flexibility index (Phi) is 5.27. The number of carbonyl (C=O) groups is 1. The van der Waals surface area contributed by atoms with Crippen LogP contribution in [-0.4, -0.2) is 34.2 Å². The van der Waals surface area contributed by atoms with Crippen LogP contribution in [0.1, 0.15) is 47.6 Å². The number of hydrogen-bond donors (Lipinski definition) is 2. The predicted octanol–water partition coefficient (Wildman–Crippen LogP) is 2.49. The summed E-state index contributed by atoms with van der Waals surface area (Å²) >= 11 is 0. The van der Waals surface area contributed by atoms with Crippen LogP contribution in [0.15, 0.2) is 23.0 Å². The van der Waals surface area contributed by atoms with Gasteiger partial charge in [-0.3, -0.25) is 4.79 Å². The number of aromatic nitrogens is 2. The molecule has 0 amide bonds. The molecule has 0 saturated heterocycles. The molecule has 2 aliphatic rings. The molecule has 0 aliphatic carbocycles. The molecule has 0 radical (unpaired) electrons. The second-order valence-corrected chi connectivity index (χ2v) is 8.69. The van der Waals surface area contributed by atoms with Gasteiger partial charge in [-0.25, -0.2) is 14.2 Å². The van der Waals surface area contributed by atoms with Crippen LogP contribution in [0.25, 0.3) is 22.3 Å². The van der Waals surface area contributed by atoms with E-state index in [9.17, 15) is 19.1 Å². The maximum atomic E-state index is 14.4. The van der Waals surface area contributed by atoms with Gasteiger partial charge in [0.2, 0.25) is 0 Å². The Bertz CT molecular complexity index is 1500. The molecule has 0 saturated carbocycles. The lowest BCUT2D eigenvalue weighted by atomic mass is 9.86. The molecule has 8 heteroatoms. The highest BCUT2D eigenvalue weighted by Crippen LogP contribution is 2.40. The zero-order chi connectivity index (χ0) is 24.2. The van der Waals surface area contributed by atoms with E-state index in [4.69, 9.17) is 9.72 Å². The zero-order valence-electron chi connectivity index (χ0n) is 19.2. The van der Waals surface area contributed by atoms with Gasteiger partial charge < -0.3 is 19.7 Å². The molecule has 0 spiro atoms. The van der Waals surface area contributed by atoms with Gasteiger partial charge in [0.15, 0.2) is 5.60 Å². The quantitative estimate of drug-likeness (QED) is 0.277. The number of cyclic esters (lactones) is 1. The fraction of sp³-hybridized carbons (Fsp3) is 0.346. The van der Waals surface area contributed by atoms with Crippen molar-refractivity contribution in [1.29, 1.82) is 0 Å². The molecule has 0 fully saturated rings. The number of ether oxygens (including phenoxy) is 1. The number of rotatable bonds is 3. The first-order valence-corrected chi connectivity index (χ1v) is 11.2. The topological polar surface area (TPSA) is 93.5 Å². The summed E-state index contributed by atoms with van der Waals surface area (Å²) in [5.41, 5.74) is 1.63. The highest BCUT2D eigenvalue weighted by Gasteiger charge is 2.45. The van der Waals surface area contributed by atoms with Gasteiger partial charge >= 0.3 is 5.97 Å². The molecule has 4 heterocycles. The molecule has 5 rings (SSSR count). The van der Waals surface area contributed by atoms with Crippen molar-refractivity contribution in [2.45, 2.75) is 45.4 Å². The summed E-state index contributed by atoms with van der Waals surface area (Å²) in [5.74, 6) is 5.24. The van der Waals surface area contributed by atoms with Crippen molar-refractivity contribution in [3.8, 4) is 23.2 Å². The van der Waals surface area contributed by atoms with Crippen molar-refractivity contribution >= 4 is 16.9 Å². The highest BCUT2D eigenvalue weighted by atomic mass is 19.1. The molecule has 3 aromatic rings. The van der Waals surface area contributed by atoms with Crippen molar-refractivity contribution in [2.75, 3.05) is 13.6 Å². The summed E-state index contributed by atoms with van der Waals surface area (Å²) in [6, 6.07) is 4.76. The van der Waals surface area contributed by atoms with Crippen LogP contribution in [0.2, 0.25) is 0 Å². The molecule has 2 aliphatic heterocycles. The van der Waals surface area contributed by atoms with E-state index in [0.29, 0.717) is 34.5 Å². The number of fused-ring (bicyclic) bond motifs is 5. The molecule has 1 atom stereocenters. The van der Waals surface area contributed by atoms with Crippen molar-refractivity contribution in [3.05, 3.63) is 62.2 Å². The summed E-state index contributed by atoms with van der Waals surface area (Å²) in [4.78, 5) is 30.5. The Morgan fingerprint density at radius 1 is 1.29 bits per heavy atom. The summed E-state index contributed by atoms with van der Waals surface area (Å²) in [7, 11) is 1.85. The van der Waals surface area contributed by atoms with Gasteiger partial charge in [-0.15, -0.1) is 0 Å². The molecule has 0 unspecified atom stereocenters. The van der Waals surface area contributed by atoms with E-state index in [1.807, 2.05) is 7.05 Å². The van der Waals surface area contributed by atoms with Crippen LogP contribution in [-0.2, 0) is 28.3 Å². The molecule has 34 heavy (non-hydrogen) atoms. The van der Waals surface area contributed by atoms with E-state index in [1.165, 1.54) is 6.07 Å². The van der Waals surface area contributed by atoms with Crippen molar-refractivity contribution in [2.24, 2.45) is 0 Å². The van der Waals surface area contributed by atoms with Crippen LogP contribution >= 0.6 is 0 Å². The van der Waals surface area contributed by atoms with Gasteiger partial charge in [0.05, 0.1) is 29.0 Å². The Hall–Kier alpha value is -3.54. The summed E-state index contributed by atoms with van der Waals surface area (Å²) in [6.45, 7) is 4.12. The van der Waals surface area contributed by atoms with Crippen LogP contribution in [0.4, 0.5) is 4.39 Å². The molecular weight excluding hydrogens is 437 g/mol. The van der Waals surface area contributed by atoms with Crippen LogP contribution < -0.4 is 10.9 Å². The van der Waals surface area contributed by atoms with Crippen molar-refractivity contribution < 1.29 is 19.0 Å². The minimum absolute atomic E-state index is 0.0619. The van der Waals surface area contributed by atoms with Gasteiger partial charge in [-0.2, -0.15) is 0 Å². The van der Waals surface area contributed by atoms with E-state index in [0.717, 1.165) is 17.5 Å². The summed E-state index contributed by atoms with van der Waals surface area (Å²) in [6.07, 6.45) is 0.686. The number of aryl methyl sites for hydroxylation is 1. The van der Waals surface area contributed by atoms with Crippen molar-refractivity contribution in [1.82, 2.24) is 14.9 Å². The first kappa shape index (κ1) is 22.3. The van der Waals surface area contributed by atoms with Gasteiger partial charge in [0.25, 0.3) is 5.56 Å². The average Bonchev–Trinajstić information content (AvgIpc) is 3.19. The number of aliphatic hydroxyl groups is 1. The third kappa shape index (κ3) is 3.16. The molecule has 2 aromatic heterocycles. The Morgan fingerprint density at radius 2 is 2.09 bits per heavy atom. The molecular formula is C26H24FN3O4. The average molecular weight is 461 g/mol. The summed E-state index contributed by atoms with van der Waals surface area (Å²) in [5, 5.41) is 14.8. The maximum Gasteiger partial charge on any atom is 0.343 e.